The first-order valence-corrected chi connectivity index (χ1v) is 4.80. The molecule has 0 spiro atoms. The summed E-state index contributed by atoms with van der Waals surface area (Å²) in [5.41, 5.74) is -0.00480. The molecule has 0 saturated heterocycles. The van der Waals surface area contributed by atoms with Crippen LogP contribution in [-0.2, 0) is 0 Å². The van der Waals surface area contributed by atoms with Gasteiger partial charge in [0.2, 0.25) is 0 Å². The Morgan fingerprint density at radius 1 is 1.44 bits per heavy atom. The zero-order valence-electron chi connectivity index (χ0n) is 8.87. The average molecular weight is 226 g/mol. The lowest BCUT2D eigenvalue weighted by molar-refractivity contribution is 0.111. The Morgan fingerprint density at radius 3 is 2.62 bits per heavy atom. The summed E-state index contributed by atoms with van der Waals surface area (Å²) in [6.45, 7) is 5.28. The highest BCUT2D eigenvalue weighted by atomic mass is 19.2. The number of carbonyl (C=O) groups excluding carboxylic acids is 1. The van der Waals surface area contributed by atoms with Gasteiger partial charge >= 0.3 is 0 Å². The standard InChI is InChI=1S/C12H12F2O2/c1-3-4-8(2)16-12-6-11(14)10(13)5-9(12)7-15/h3,5-8H,1,4H2,2H3. The van der Waals surface area contributed by atoms with Gasteiger partial charge in [0.05, 0.1) is 11.7 Å². The van der Waals surface area contributed by atoms with Gasteiger partial charge in [-0.2, -0.15) is 0 Å². The molecule has 1 atom stereocenters. The predicted octanol–water partition coefficient (Wildman–Crippen LogP) is 3.12. The number of carbonyl (C=O) groups is 1. The second-order valence-electron chi connectivity index (χ2n) is 3.37. The summed E-state index contributed by atoms with van der Waals surface area (Å²) in [4.78, 5) is 10.6. The van der Waals surface area contributed by atoms with Crippen LogP contribution in [0.25, 0.3) is 0 Å². The first kappa shape index (κ1) is 12.4. The minimum absolute atomic E-state index is 0.00480. The lowest BCUT2D eigenvalue weighted by atomic mass is 10.2. The van der Waals surface area contributed by atoms with Crippen molar-refractivity contribution in [2.75, 3.05) is 0 Å². The summed E-state index contributed by atoms with van der Waals surface area (Å²) < 4.78 is 31.1. The van der Waals surface area contributed by atoms with E-state index in [-0.39, 0.29) is 17.4 Å². The van der Waals surface area contributed by atoms with Crippen LogP contribution < -0.4 is 4.74 Å². The molecule has 4 heteroatoms. The quantitative estimate of drug-likeness (QED) is 0.569. The van der Waals surface area contributed by atoms with Gasteiger partial charge in [0.15, 0.2) is 17.9 Å². The van der Waals surface area contributed by atoms with E-state index < -0.39 is 11.6 Å². The molecule has 0 aliphatic carbocycles. The topological polar surface area (TPSA) is 26.3 Å². The molecular formula is C12H12F2O2. The Bertz CT molecular complexity index is 402. The third-order valence-corrected chi connectivity index (χ3v) is 2.01. The van der Waals surface area contributed by atoms with Crippen molar-refractivity contribution < 1.29 is 18.3 Å². The van der Waals surface area contributed by atoms with Crippen LogP contribution in [0.4, 0.5) is 8.78 Å². The molecule has 0 aromatic heterocycles. The fourth-order valence-corrected chi connectivity index (χ4v) is 1.24. The van der Waals surface area contributed by atoms with E-state index in [0.29, 0.717) is 12.7 Å². The van der Waals surface area contributed by atoms with Crippen LogP contribution in [0.5, 0.6) is 5.75 Å². The van der Waals surface area contributed by atoms with Gasteiger partial charge < -0.3 is 4.74 Å². The van der Waals surface area contributed by atoms with Crippen LogP contribution in [-0.4, -0.2) is 12.4 Å². The molecule has 0 aliphatic heterocycles. The van der Waals surface area contributed by atoms with E-state index in [1.54, 1.807) is 13.0 Å². The monoisotopic (exact) mass is 226 g/mol. The van der Waals surface area contributed by atoms with Gasteiger partial charge in [-0.15, -0.1) is 6.58 Å². The van der Waals surface area contributed by atoms with Gasteiger partial charge in [-0.3, -0.25) is 4.79 Å². The number of hydrogen-bond acceptors (Lipinski definition) is 2. The molecule has 0 bridgehead atoms. The van der Waals surface area contributed by atoms with E-state index in [0.717, 1.165) is 12.1 Å². The third-order valence-electron chi connectivity index (χ3n) is 2.01. The van der Waals surface area contributed by atoms with Crippen molar-refractivity contribution in [3.63, 3.8) is 0 Å². The summed E-state index contributed by atoms with van der Waals surface area (Å²) in [7, 11) is 0. The minimum Gasteiger partial charge on any atom is -0.490 e. The van der Waals surface area contributed by atoms with Crippen molar-refractivity contribution in [1.29, 1.82) is 0 Å². The maximum absolute atomic E-state index is 12.9. The van der Waals surface area contributed by atoms with E-state index in [1.807, 2.05) is 0 Å². The van der Waals surface area contributed by atoms with E-state index in [2.05, 4.69) is 6.58 Å². The lowest BCUT2D eigenvalue weighted by Gasteiger charge is -2.14. The maximum atomic E-state index is 12.9. The van der Waals surface area contributed by atoms with Crippen LogP contribution in [0.2, 0.25) is 0 Å². The highest BCUT2D eigenvalue weighted by Gasteiger charge is 2.12. The number of aldehydes is 1. The highest BCUT2D eigenvalue weighted by molar-refractivity contribution is 5.79. The summed E-state index contributed by atoms with van der Waals surface area (Å²) in [5.74, 6) is -2.06. The second kappa shape index (κ2) is 5.39. The Morgan fingerprint density at radius 2 is 2.06 bits per heavy atom. The predicted molar refractivity (Wildman–Crippen MR) is 56.6 cm³/mol. The molecule has 86 valence electrons. The molecule has 1 rings (SSSR count). The highest BCUT2D eigenvalue weighted by Crippen LogP contribution is 2.22. The van der Waals surface area contributed by atoms with Crippen molar-refractivity contribution in [3.05, 3.63) is 42.0 Å². The first-order valence-electron chi connectivity index (χ1n) is 4.80. The van der Waals surface area contributed by atoms with Crippen molar-refractivity contribution in [2.45, 2.75) is 19.4 Å². The van der Waals surface area contributed by atoms with Gasteiger partial charge in [-0.05, 0) is 13.0 Å². The molecule has 2 nitrogen and oxygen atoms in total. The lowest BCUT2D eigenvalue weighted by Crippen LogP contribution is -2.12. The van der Waals surface area contributed by atoms with Crippen LogP contribution in [0.3, 0.4) is 0 Å². The maximum Gasteiger partial charge on any atom is 0.162 e. The smallest absolute Gasteiger partial charge is 0.162 e. The molecule has 0 heterocycles. The number of ether oxygens (including phenoxy) is 1. The summed E-state index contributed by atoms with van der Waals surface area (Å²) in [6.07, 6.45) is 2.38. The fourth-order valence-electron chi connectivity index (χ4n) is 1.24. The zero-order chi connectivity index (χ0) is 12.1. The largest absolute Gasteiger partial charge is 0.490 e. The fraction of sp³-hybridized carbons (Fsp3) is 0.250. The van der Waals surface area contributed by atoms with Gasteiger partial charge in [-0.1, -0.05) is 6.08 Å². The molecule has 1 unspecified atom stereocenters. The SMILES string of the molecule is C=CCC(C)Oc1cc(F)c(F)cc1C=O. The molecule has 16 heavy (non-hydrogen) atoms. The van der Waals surface area contributed by atoms with Crippen LogP contribution in [0.15, 0.2) is 24.8 Å². The Balaban J connectivity index is 2.98. The summed E-state index contributed by atoms with van der Waals surface area (Å²) in [6, 6.07) is 1.69. The summed E-state index contributed by atoms with van der Waals surface area (Å²) in [5, 5.41) is 0. The average Bonchev–Trinajstić information content (AvgIpc) is 2.23. The Hall–Kier alpha value is -1.71. The van der Waals surface area contributed by atoms with Gasteiger partial charge in [-0.25, -0.2) is 8.78 Å². The molecule has 0 fully saturated rings. The Labute approximate surface area is 92.5 Å². The number of hydrogen-bond donors (Lipinski definition) is 0. The van der Waals surface area contributed by atoms with E-state index in [9.17, 15) is 13.6 Å². The summed E-state index contributed by atoms with van der Waals surface area (Å²) >= 11 is 0. The van der Waals surface area contributed by atoms with Crippen molar-refractivity contribution >= 4 is 6.29 Å². The van der Waals surface area contributed by atoms with E-state index in [4.69, 9.17) is 4.74 Å². The van der Waals surface area contributed by atoms with Crippen molar-refractivity contribution in [3.8, 4) is 5.75 Å². The van der Waals surface area contributed by atoms with Crippen molar-refractivity contribution in [2.24, 2.45) is 0 Å². The normalized spacial score (nSPS) is 11.9. The van der Waals surface area contributed by atoms with Gasteiger partial charge in [0.1, 0.15) is 5.75 Å². The first-order chi connectivity index (χ1) is 7.58. The molecule has 0 aliphatic rings. The van der Waals surface area contributed by atoms with Crippen molar-refractivity contribution in [1.82, 2.24) is 0 Å². The molecule has 0 amide bonds. The Kier molecular flexibility index (Phi) is 4.17. The van der Waals surface area contributed by atoms with Gasteiger partial charge in [0, 0.05) is 12.5 Å². The molecule has 1 aromatic carbocycles. The number of halogens is 2. The minimum atomic E-state index is -1.06. The molecule has 0 N–H and O–H groups in total. The third kappa shape index (κ3) is 2.89. The van der Waals surface area contributed by atoms with Crippen LogP contribution >= 0.6 is 0 Å². The second-order valence-corrected chi connectivity index (χ2v) is 3.37. The van der Waals surface area contributed by atoms with E-state index >= 15 is 0 Å². The molecule has 0 radical (unpaired) electrons. The molecular weight excluding hydrogens is 214 g/mol. The molecule has 0 saturated carbocycles. The van der Waals surface area contributed by atoms with E-state index in [1.165, 1.54) is 0 Å². The number of benzene rings is 1. The molecule has 1 aromatic rings. The number of rotatable bonds is 5. The van der Waals surface area contributed by atoms with Crippen LogP contribution in [0.1, 0.15) is 23.7 Å². The van der Waals surface area contributed by atoms with Crippen LogP contribution in [0, 0.1) is 11.6 Å². The zero-order valence-corrected chi connectivity index (χ0v) is 8.87. The van der Waals surface area contributed by atoms with Gasteiger partial charge in [0.25, 0.3) is 0 Å².